The van der Waals surface area contributed by atoms with Crippen LogP contribution in [0.15, 0.2) is 54.9 Å². The number of nitrogens with zero attached hydrogens (tertiary/aromatic N) is 4. The van der Waals surface area contributed by atoms with E-state index in [9.17, 15) is 4.79 Å². The summed E-state index contributed by atoms with van der Waals surface area (Å²) in [7, 11) is 0. The van der Waals surface area contributed by atoms with Gasteiger partial charge in [-0.25, -0.2) is 9.78 Å². The third-order valence-electron chi connectivity index (χ3n) is 4.54. The Labute approximate surface area is 151 Å². The third kappa shape index (κ3) is 3.42. The number of benzene rings is 1. The monoisotopic (exact) mass is 348 g/mol. The molecule has 7 heteroatoms. The minimum atomic E-state index is -0.0799. The zero-order chi connectivity index (χ0) is 17.8. The van der Waals surface area contributed by atoms with E-state index in [2.05, 4.69) is 25.5 Å². The number of urea groups is 1. The molecule has 1 unspecified atom stereocenters. The fraction of sp³-hybridized carbons (Fsp3) is 0.263. The second kappa shape index (κ2) is 7.35. The maximum atomic E-state index is 12.6. The third-order valence-corrected chi connectivity index (χ3v) is 4.54. The van der Waals surface area contributed by atoms with Crippen LogP contribution in [0.25, 0.3) is 11.4 Å². The summed E-state index contributed by atoms with van der Waals surface area (Å²) in [4.78, 5) is 23.1. The molecule has 0 radical (unpaired) electrons. The van der Waals surface area contributed by atoms with Gasteiger partial charge in [0, 0.05) is 31.0 Å². The second-order valence-corrected chi connectivity index (χ2v) is 6.28. The molecule has 26 heavy (non-hydrogen) atoms. The number of nitrogens with one attached hydrogen (secondary N) is 2. The molecule has 0 spiro atoms. The number of likely N-dealkylation sites (tertiary alicyclic amines) is 1. The van der Waals surface area contributed by atoms with E-state index in [1.165, 1.54) is 0 Å². The van der Waals surface area contributed by atoms with Crippen LogP contribution in [0.4, 0.5) is 4.79 Å². The van der Waals surface area contributed by atoms with Gasteiger partial charge in [-0.1, -0.05) is 30.3 Å². The Hall–Kier alpha value is -3.22. The lowest BCUT2D eigenvalue weighted by Crippen LogP contribution is -2.39. The number of aromatic nitrogens is 4. The smallest absolute Gasteiger partial charge is 0.318 e. The zero-order valence-corrected chi connectivity index (χ0v) is 14.3. The van der Waals surface area contributed by atoms with Crippen LogP contribution in [0, 0.1) is 0 Å². The van der Waals surface area contributed by atoms with Crippen molar-refractivity contribution in [1.82, 2.24) is 30.4 Å². The number of H-pyrrole nitrogens is 1. The van der Waals surface area contributed by atoms with Crippen LogP contribution in [0.1, 0.15) is 30.3 Å². The van der Waals surface area contributed by atoms with Crippen molar-refractivity contribution in [1.29, 1.82) is 0 Å². The van der Waals surface area contributed by atoms with Crippen LogP contribution in [-0.2, 0) is 6.54 Å². The summed E-state index contributed by atoms with van der Waals surface area (Å²) < 4.78 is 0. The van der Waals surface area contributed by atoms with Crippen LogP contribution in [0.5, 0.6) is 0 Å². The molecule has 4 rings (SSSR count). The lowest BCUT2D eigenvalue weighted by molar-refractivity contribution is 0.190. The molecule has 3 heterocycles. The van der Waals surface area contributed by atoms with Gasteiger partial charge in [-0.3, -0.25) is 10.1 Å². The minimum Gasteiger partial charge on any atom is -0.334 e. The summed E-state index contributed by atoms with van der Waals surface area (Å²) >= 11 is 0. The molecule has 0 saturated carbocycles. The summed E-state index contributed by atoms with van der Waals surface area (Å²) in [6.07, 6.45) is 5.27. The maximum Gasteiger partial charge on any atom is 0.318 e. The van der Waals surface area contributed by atoms with Crippen molar-refractivity contribution < 1.29 is 4.79 Å². The molecule has 1 fully saturated rings. The first kappa shape index (κ1) is 16.3. The molecule has 2 aromatic heterocycles. The van der Waals surface area contributed by atoms with E-state index in [0.717, 1.165) is 29.8 Å². The van der Waals surface area contributed by atoms with Crippen molar-refractivity contribution in [3.8, 4) is 11.4 Å². The van der Waals surface area contributed by atoms with Crippen LogP contribution in [0.3, 0.4) is 0 Å². The van der Waals surface area contributed by atoms with Gasteiger partial charge in [0.1, 0.15) is 5.82 Å². The maximum absolute atomic E-state index is 12.6. The van der Waals surface area contributed by atoms with E-state index in [-0.39, 0.29) is 12.1 Å². The molecule has 0 aliphatic carbocycles. The first-order valence-corrected chi connectivity index (χ1v) is 8.72. The van der Waals surface area contributed by atoms with Crippen molar-refractivity contribution >= 4 is 6.03 Å². The van der Waals surface area contributed by atoms with Gasteiger partial charge < -0.3 is 10.2 Å². The minimum absolute atomic E-state index is 0.0734. The Morgan fingerprint density at radius 3 is 2.92 bits per heavy atom. The fourth-order valence-corrected chi connectivity index (χ4v) is 3.22. The first-order valence-electron chi connectivity index (χ1n) is 8.72. The molecule has 1 atom stereocenters. The second-order valence-electron chi connectivity index (χ2n) is 6.28. The SMILES string of the molecule is O=C(NCc1ccccc1)N1CCCC1c1nc(-c2cccnc2)n[nH]1. The van der Waals surface area contributed by atoms with Crippen LogP contribution < -0.4 is 5.32 Å². The highest BCUT2D eigenvalue weighted by Gasteiger charge is 2.32. The van der Waals surface area contributed by atoms with Gasteiger partial charge in [0.05, 0.1) is 6.04 Å². The summed E-state index contributed by atoms with van der Waals surface area (Å²) in [6, 6.07) is 13.5. The largest absolute Gasteiger partial charge is 0.334 e. The number of pyridine rings is 1. The normalized spacial score (nSPS) is 16.6. The number of carbonyl (C=O) groups excluding carboxylic acids is 1. The van der Waals surface area contributed by atoms with Gasteiger partial charge >= 0.3 is 6.03 Å². The highest BCUT2D eigenvalue weighted by atomic mass is 16.2. The molecule has 1 aromatic carbocycles. The van der Waals surface area contributed by atoms with Crippen molar-refractivity contribution in [3.05, 3.63) is 66.2 Å². The number of rotatable bonds is 4. The highest BCUT2D eigenvalue weighted by molar-refractivity contribution is 5.75. The van der Waals surface area contributed by atoms with Crippen molar-refractivity contribution in [2.24, 2.45) is 0 Å². The predicted octanol–water partition coefficient (Wildman–Crippen LogP) is 2.91. The quantitative estimate of drug-likeness (QED) is 0.759. The highest BCUT2D eigenvalue weighted by Crippen LogP contribution is 2.30. The zero-order valence-electron chi connectivity index (χ0n) is 14.3. The fourth-order valence-electron chi connectivity index (χ4n) is 3.22. The predicted molar refractivity (Wildman–Crippen MR) is 97.0 cm³/mol. The van der Waals surface area contributed by atoms with Gasteiger partial charge in [0.2, 0.25) is 0 Å². The van der Waals surface area contributed by atoms with Crippen LogP contribution in [-0.4, -0.2) is 37.6 Å². The summed E-state index contributed by atoms with van der Waals surface area (Å²) in [5.74, 6) is 1.32. The van der Waals surface area contributed by atoms with Crippen molar-refractivity contribution in [3.63, 3.8) is 0 Å². The van der Waals surface area contributed by atoms with E-state index in [1.807, 2.05) is 47.4 Å². The van der Waals surface area contributed by atoms with Gasteiger partial charge in [-0.15, -0.1) is 0 Å². The molecule has 1 saturated heterocycles. The number of amides is 2. The van der Waals surface area contributed by atoms with E-state index >= 15 is 0 Å². The Balaban J connectivity index is 1.45. The summed E-state index contributed by atoms with van der Waals surface area (Å²) in [6.45, 7) is 1.23. The lowest BCUT2D eigenvalue weighted by atomic mass is 10.2. The Morgan fingerprint density at radius 2 is 2.12 bits per heavy atom. The Kier molecular flexibility index (Phi) is 4.59. The van der Waals surface area contributed by atoms with Gasteiger partial charge in [0.25, 0.3) is 0 Å². The van der Waals surface area contributed by atoms with Gasteiger partial charge in [-0.2, -0.15) is 5.10 Å². The summed E-state index contributed by atoms with van der Waals surface area (Å²) in [5.41, 5.74) is 1.93. The van der Waals surface area contributed by atoms with E-state index in [1.54, 1.807) is 12.4 Å². The molecular formula is C19H20N6O. The number of hydrogen-bond donors (Lipinski definition) is 2. The van der Waals surface area contributed by atoms with Crippen molar-refractivity contribution in [2.75, 3.05) is 6.54 Å². The van der Waals surface area contributed by atoms with Crippen molar-refractivity contribution in [2.45, 2.75) is 25.4 Å². The van der Waals surface area contributed by atoms with Gasteiger partial charge in [0.15, 0.2) is 5.82 Å². The number of hydrogen-bond acceptors (Lipinski definition) is 4. The standard InChI is InChI=1S/C19H20N6O/c26-19(21-12-14-6-2-1-3-7-14)25-11-5-9-16(25)18-22-17(23-24-18)15-8-4-10-20-13-15/h1-4,6-8,10,13,16H,5,9,11-12H2,(H,21,26)(H,22,23,24). The molecule has 3 aromatic rings. The first-order chi connectivity index (χ1) is 12.8. The average Bonchev–Trinajstić information content (AvgIpc) is 3.37. The van der Waals surface area contributed by atoms with E-state index in [4.69, 9.17) is 0 Å². The van der Waals surface area contributed by atoms with E-state index in [0.29, 0.717) is 18.9 Å². The molecule has 2 N–H and O–H groups in total. The topological polar surface area (TPSA) is 86.8 Å². The van der Waals surface area contributed by atoms with E-state index < -0.39 is 0 Å². The average molecular weight is 348 g/mol. The number of aromatic amines is 1. The molecule has 1 aliphatic heterocycles. The number of carbonyl (C=O) groups is 1. The Bertz CT molecular complexity index is 864. The Morgan fingerprint density at radius 1 is 1.23 bits per heavy atom. The molecule has 1 aliphatic rings. The summed E-state index contributed by atoms with van der Waals surface area (Å²) in [5, 5.41) is 10.3. The van der Waals surface area contributed by atoms with Gasteiger partial charge in [-0.05, 0) is 30.5 Å². The molecule has 132 valence electrons. The molecule has 7 nitrogen and oxygen atoms in total. The lowest BCUT2D eigenvalue weighted by Gasteiger charge is -2.23. The van der Waals surface area contributed by atoms with Crippen LogP contribution >= 0.6 is 0 Å². The molecule has 0 bridgehead atoms. The molecule has 2 amide bonds. The molecular weight excluding hydrogens is 328 g/mol. The van der Waals surface area contributed by atoms with Crippen LogP contribution in [0.2, 0.25) is 0 Å².